The van der Waals surface area contributed by atoms with Crippen LogP contribution in [0.25, 0.3) is 27.7 Å². The molecule has 0 unspecified atom stereocenters. The number of aryl methyl sites for hydroxylation is 1. The zero-order chi connectivity index (χ0) is 31.7. The van der Waals surface area contributed by atoms with Gasteiger partial charge in [-0.3, -0.25) is 9.59 Å². The average molecular weight is 590 g/mol. The largest absolute Gasteiger partial charge is 0.392 e. The monoisotopic (exact) mass is 589 g/mol. The third kappa shape index (κ3) is 6.87. The number of nitrogens with one attached hydrogen (secondary N) is 1. The number of aliphatic imine (C=N–C) groups is 1. The maximum atomic E-state index is 15.3. The van der Waals surface area contributed by atoms with Crippen molar-refractivity contribution in [3.8, 4) is 16.9 Å². The van der Waals surface area contributed by atoms with Crippen LogP contribution in [0.5, 0.6) is 0 Å². The van der Waals surface area contributed by atoms with Crippen LogP contribution >= 0.6 is 0 Å². The highest BCUT2D eigenvalue weighted by Gasteiger charge is 2.21. The molecule has 5 N–H and O–H groups in total. The van der Waals surface area contributed by atoms with Gasteiger partial charge in [0.05, 0.1) is 35.2 Å². The van der Waals surface area contributed by atoms with E-state index in [4.69, 9.17) is 5.73 Å². The van der Waals surface area contributed by atoms with Gasteiger partial charge in [0.1, 0.15) is 17.3 Å². The molecule has 0 aliphatic rings. The van der Waals surface area contributed by atoms with Crippen LogP contribution in [-0.4, -0.2) is 47.8 Å². The van der Waals surface area contributed by atoms with Crippen LogP contribution in [0, 0.1) is 5.82 Å². The van der Waals surface area contributed by atoms with Gasteiger partial charge in [-0.05, 0) is 55.2 Å². The lowest BCUT2D eigenvalue weighted by atomic mass is 9.86. The molecule has 0 fully saturated rings. The van der Waals surface area contributed by atoms with Crippen molar-refractivity contribution in [1.82, 2.24) is 24.9 Å². The third-order valence-corrected chi connectivity index (χ3v) is 6.72. The van der Waals surface area contributed by atoms with Gasteiger partial charge < -0.3 is 21.3 Å². The number of hydrogen-bond donors (Lipinski definition) is 4. The van der Waals surface area contributed by atoms with E-state index in [0.717, 1.165) is 14.9 Å². The summed E-state index contributed by atoms with van der Waals surface area (Å²) in [7, 11) is 1.45. The Morgan fingerprint density at radius 2 is 1.86 bits per heavy atom. The number of rotatable bonds is 8. The van der Waals surface area contributed by atoms with E-state index in [1.54, 1.807) is 38.1 Å². The average Bonchev–Trinajstić information content (AvgIpc) is 2.92. The van der Waals surface area contributed by atoms with Gasteiger partial charge in [-0.25, -0.2) is 14.1 Å². The summed E-state index contributed by atoms with van der Waals surface area (Å²) in [4.78, 5) is 30.5. The van der Waals surface area contributed by atoms with E-state index in [2.05, 4.69) is 20.5 Å². The molecule has 2 heterocycles. The van der Waals surface area contributed by atoms with E-state index < -0.39 is 29.1 Å². The molecule has 2 aromatic carbocycles. The van der Waals surface area contributed by atoms with Crippen LogP contribution < -0.4 is 22.2 Å². The van der Waals surface area contributed by atoms with E-state index in [-0.39, 0.29) is 45.8 Å². The molecule has 0 saturated heterocycles. The molecule has 0 aliphatic carbocycles. The fraction of sp³-hybridized carbons (Fsp3) is 0.323. The van der Waals surface area contributed by atoms with Crippen LogP contribution in [0.1, 0.15) is 45.7 Å². The maximum absolute atomic E-state index is 15.3. The molecular weight excluding hydrogens is 553 g/mol. The van der Waals surface area contributed by atoms with Gasteiger partial charge in [-0.1, -0.05) is 32.9 Å². The number of aliphatic hydroxyl groups is 2. The second-order valence-corrected chi connectivity index (χ2v) is 11.9. The SMILES string of the molecule is Cn1nc(-c2cccc(-n3ncc4cc(C(C)(C)C)cc(F)c4c3=O)c2CO)cc(N=C(N)/C=C\NCC(C)(C)O)c1=O. The van der Waals surface area contributed by atoms with Gasteiger partial charge in [-0.15, -0.1) is 0 Å². The molecule has 0 bridgehead atoms. The Morgan fingerprint density at radius 3 is 2.51 bits per heavy atom. The van der Waals surface area contributed by atoms with Crippen LogP contribution in [-0.2, 0) is 19.1 Å². The molecule has 43 heavy (non-hydrogen) atoms. The van der Waals surface area contributed by atoms with E-state index in [1.165, 1.54) is 37.7 Å². The summed E-state index contributed by atoms with van der Waals surface area (Å²) in [6, 6.07) is 9.43. The third-order valence-electron chi connectivity index (χ3n) is 6.72. The van der Waals surface area contributed by atoms with Crippen molar-refractivity contribution in [2.75, 3.05) is 6.54 Å². The van der Waals surface area contributed by atoms with Gasteiger partial charge in [0.15, 0.2) is 0 Å². The van der Waals surface area contributed by atoms with Crippen LogP contribution in [0.15, 0.2) is 69.5 Å². The Morgan fingerprint density at radius 1 is 1.14 bits per heavy atom. The number of fused-ring (bicyclic) bond motifs is 1. The molecule has 0 atom stereocenters. The molecule has 0 saturated carbocycles. The summed E-state index contributed by atoms with van der Waals surface area (Å²) < 4.78 is 17.4. The normalized spacial score (nSPS) is 12.8. The van der Waals surface area contributed by atoms with Crippen molar-refractivity contribution in [1.29, 1.82) is 0 Å². The number of amidine groups is 1. The summed E-state index contributed by atoms with van der Waals surface area (Å²) in [5.41, 5.74) is 5.47. The first-order valence-corrected chi connectivity index (χ1v) is 13.6. The Labute approximate surface area is 247 Å². The summed E-state index contributed by atoms with van der Waals surface area (Å²) in [6.45, 7) is 8.92. The smallest absolute Gasteiger partial charge is 0.292 e. The van der Waals surface area contributed by atoms with Crippen LogP contribution in [0.2, 0.25) is 0 Å². The van der Waals surface area contributed by atoms with Crippen molar-refractivity contribution in [3.63, 3.8) is 0 Å². The molecule has 11 nitrogen and oxygen atoms in total. The molecule has 4 rings (SSSR count). The highest BCUT2D eigenvalue weighted by atomic mass is 19.1. The summed E-state index contributed by atoms with van der Waals surface area (Å²) >= 11 is 0. The first-order chi connectivity index (χ1) is 20.1. The molecule has 226 valence electrons. The van der Waals surface area contributed by atoms with E-state index >= 15 is 4.39 Å². The summed E-state index contributed by atoms with van der Waals surface area (Å²) in [6.07, 6.45) is 4.39. The summed E-state index contributed by atoms with van der Waals surface area (Å²) in [5.74, 6) is -0.633. The highest BCUT2D eigenvalue weighted by molar-refractivity contribution is 5.93. The van der Waals surface area contributed by atoms with Gasteiger partial charge in [-0.2, -0.15) is 14.9 Å². The first kappa shape index (κ1) is 31.3. The highest BCUT2D eigenvalue weighted by Crippen LogP contribution is 2.30. The minimum atomic E-state index is -0.928. The van der Waals surface area contributed by atoms with Crippen molar-refractivity contribution in [2.45, 2.75) is 52.2 Å². The molecule has 2 aromatic heterocycles. The Kier molecular flexibility index (Phi) is 8.65. The molecule has 4 aromatic rings. The minimum absolute atomic E-state index is 0.0100. The Bertz CT molecular complexity index is 1860. The van der Waals surface area contributed by atoms with Crippen molar-refractivity contribution in [3.05, 3.63) is 92.5 Å². The van der Waals surface area contributed by atoms with Crippen molar-refractivity contribution in [2.24, 2.45) is 17.8 Å². The first-order valence-electron chi connectivity index (χ1n) is 13.6. The number of nitrogens with zero attached hydrogens (tertiary/aromatic N) is 5. The predicted octanol–water partition coefficient (Wildman–Crippen LogP) is 2.94. The lowest BCUT2D eigenvalue weighted by Gasteiger charge is -2.20. The quantitative estimate of drug-likeness (QED) is 0.180. The number of aliphatic hydroxyl groups excluding tert-OH is 1. The van der Waals surface area contributed by atoms with E-state index in [9.17, 15) is 19.8 Å². The van der Waals surface area contributed by atoms with Gasteiger partial charge >= 0.3 is 0 Å². The van der Waals surface area contributed by atoms with Crippen molar-refractivity contribution < 1.29 is 14.6 Å². The lowest BCUT2D eigenvalue weighted by Crippen LogP contribution is -2.32. The Hall–Kier alpha value is -4.68. The van der Waals surface area contributed by atoms with Gasteiger partial charge in [0, 0.05) is 36.3 Å². The fourth-order valence-electron chi connectivity index (χ4n) is 4.45. The molecular formula is C31H36FN7O4. The maximum Gasteiger partial charge on any atom is 0.292 e. The number of hydrogen-bond acceptors (Lipinski definition) is 8. The number of benzene rings is 2. The predicted molar refractivity (Wildman–Crippen MR) is 165 cm³/mol. The Balaban J connectivity index is 1.80. The molecule has 0 radical (unpaired) electrons. The second kappa shape index (κ2) is 11.9. The number of nitrogens with two attached hydrogens (primary N) is 1. The minimum Gasteiger partial charge on any atom is -0.392 e. The van der Waals surface area contributed by atoms with E-state index in [1.807, 2.05) is 20.8 Å². The fourth-order valence-corrected chi connectivity index (χ4v) is 4.45. The number of halogens is 1. The van der Waals surface area contributed by atoms with Gasteiger partial charge in [0.2, 0.25) is 0 Å². The standard InChI is InChI=1S/C31H36FN7O4/c1-30(2,3)19-12-18-15-35-39(29(42)27(18)22(32)13-19)25-9-7-8-20(21(25)16-40)23-14-24(28(41)38(6)37-23)36-26(33)10-11-34-17-31(4,5)43/h7-15,34,40,43H,16-17H2,1-6H3,(H2,33,36)/b11-10-. The number of aromatic nitrogens is 4. The summed E-state index contributed by atoms with van der Waals surface area (Å²) in [5, 5.41) is 32.0. The molecule has 12 heteroatoms. The molecule has 0 spiro atoms. The van der Waals surface area contributed by atoms with Crippen molar-refractivity contribution >= 4 is 22.3 Å². The topological polar surface area (TPSA) is 161 Å². The second-order valence-electron chi connectivity index (χ2n) is 11.9. The van der Waals surface area contributed by atoms with Crippen LogP contribution in [0.3, 0.4) is 0 Å². The van der Waals surface area contributed by atoms with Crippen LogP contribution in [0.4, 0.5) is 10.1 Å². The zero-order valence-corrected chi connectivity index (χ0v) is 25.0. The zero-order valence-electron chi connectivity index (χ0n) is 25.0. The lowest BCUT2D eigenvalue weighted by molar-refractivity contribution is 0.0835. The molecule has 0 amide bonds. The van der Waals surface area contributed by atoms with E-state index in [0.29, 0.717) is 10.9 Å². The van der Waals surface area contributed by atoms with Gasteiger partial charge in [0.25, 0.3) is 11.1 Å². The molecule has 0 aliphatic heterocycles.